The van der Waals surface area contributed by atoms with Crippen molar-refractivity contribution < 1.29 is 0 Å². The number of hydrogen-bond donors (Lipinski definition) is 2. The number of piperidine rings is 1. The van der Waals surface area contributed by atoms with Crippen molar-refractivity contribution in [2.45, 2.75) is 30.7 Å². The van der Waals surface area contributed by atoms with Crippen LogP contribution in [0.15, 0.2) is 60.0 Å². The number of hydrogen-bond acceptors (Lipinski definition) is 3. The quantitative estimate of drug-likeness (QED) is 0.740. The van der Waals surface area contributed by atoms with Gasteiger partial charge in [-0.15, -0.1) is 0 Å². The Balaban J connectivity index is 1.63. The van der Waals surface area contributed by atoms with Crippen LogP contribution in [-0.4, -0.2) is 23.3 Å². The molecule has 0 radical (unpaired) electrons. The van der Waals surface area contributed by atoms with Crippen LogP contribution in [0.1, 0.15) is 30.4 Å². The first kappa shape index (κ1) is 17.9. The number of nitrogens with one attached hydrogen (secondary N) is 1. The lowest BCUT2D eigenvalue weighted by atomic mass is 10.1. The molecule has 1 heterocycles. The summed E-state index contributed by atoms with van der Waals surface area (Å²) in [5, 5.41) is 3.38. The average molecular weight is 354 g/mol. The maximum atomic E-state index is 5.65. The summed E-state index contributed by atoms with van der Waals surface area (Å²) in [5.74, 6) is 4.39. The van der Waals surface area contributed by atoms with E-state index in [9.17, 15) is 0 Å². The molecule has 2 aromatic rings. The van der Waals surface area contributed by atoms with Gasteiger partial charge in [-0.2, -0.15) is 0 Å². The van der Waals surface area contributed by atoms with Crippen LogP contribution in [0.4, 0.5) is 5.69 Å². The normalized spacial score (nSPS) is 16.4. The summed E-state index contributed by atoms with van der Waals surface area (Å²) >= 11 is 0. The Morgan fingerprint density at radius 3 is 2.24 bits per heavy atom. The van der Waals surface area contributed by atoms with Crippen LogP contribution < -0.4 is 11.1 Å². The average Bonchev–Trinajstić information content (AvgIpc) is 2.68. The Kier molecular flexibility index (Phi) is 6.08. The van der Waals surface area contributed by atoms with Crippen LogP contribution in [0.2, 0.25) is 0 Å². The van der Waals surface area contributed by atoms with E-state index in [0.717, 1.165) is 22.5 Å². The van der Waals surface area contributed by atoms with Crippen molar-refractivity contribution in [1.82, 2.24) is 4.31 Å². The number of nitrogens with two attached hydrogens (primary N) is 1. The first-order valence-electron chi connectivity index (χ1n) is 8.82. The molecule has 0 aliphatic carbocycles. The molecule has 2 aromatic carbocycles. The molecule has 0 saturated carbocycles. The lowest BCUT2D eigenvalue weighted by Gasteiger charge is -2.29. The molecule has 1 saturated heterocycles. The highest BCUT2D eigenvalue weighted by molar-refractivity contribution is 8.12. The van der Waals surface area contributed by atoms with Gasteiger partial charge in [0.1, 0.15) is 0 Å². The molecule has 1 aliphatic heterocycles. The van der Waals surface area contributed by atoms with Gasteiger partial charge in [0, 0.05) is 35.9 Å². The van der Waals surface area contributed by atoms with Crippen LogP contribution in [0.5, 0.6) is 0 Å². The molecular weight excluding hydrogens is 326 g/mol. The molecule has 0 amide bonds. The van der Waals surface area contributed by atoms with Crippen molar-refractivity contribution in [3.63, 3.8) is 0 Å². The van der Waals surface area contributed by atoms with Gasteiger partial charge in [-0.25, -0.2) is 0 Å². The van der Waals surface area contributed by atoms with Gasteiger partial charge in [0.15, 0.2) is 0 Å². The predicted molar refractivity (Wildman–Crippen MR) is 112 cm³/mol. The molecule has 4 heteroatoms. The second-order valence-corrected chi connectivity index (χ2v) is 8.10. The van der Waals surface area contributed by atoms with E-state index >= 15 is 0 Å². The lowest BCUT2D eigenvalue weighted by Crippen LogP contribution is -2.24. The van der Waals surface area contributed by atoms with E-state index in [1.807, 2.05) is 12.1 Å². The Bertz CT molecular complexity index is 729. The minimum absolute atomic E-state index is 0.0593. The van der Waals surface area contributed by atoms with E-state index in [-0.39, 0.29) is 10.7 Å². The summed E-state index contributed by atoms with van der Waals surface area (Å²) in [6, 6.07) is 16.8. The fourth-order valence-corrected chi connectivity index (χ4v) is 4.47. The molecule has 0 aromatic heterocycles. The SMILES string of the molecule is C=C(Nc1ccc(S(=C)N2CCCCC2)cc1)c1ccc(CN)cc1. The molecule has 0 bridgehead atoms. The molecule has 1 atom stereocenters. The fraction of sp³-hybridized carbons (Fsp3) is 0.286. The van der Waals surface area contributed by atoms with Crippen LogP contribution in [0.3, 0.4) is 0 Å². The number of nitrogens with zero attached hydrogens (tertiary/aromatic N) is 1. The van der Waals surface area contributed by atoms with Gasteiger partial charge in [0.2, 0.25) is 0 Å². The lowest BCUT2D eigenvalue weighted by molar-refractivity contribution is 0.380. The second kappa shape index (κ2) is 8.48. The molecular formula is C21H27N3S. The van der Waals surface area contributed by atoms with Gasteiger partial charge in [-0.05, 0) is 48.2 Å². The first-order valence-corrected chi connectivity index (χ1v) is 10.2. The highest BCUT2D eigenvalue weighted by Crippen LogP contribution is 2.32. The Morgan fingerprint density at radius 2 is 1.64 bits per heavy atom. The minimum Gasteiger partial charge on any atom is -0.356 e. The topological polar surface area (TPSA) is 41.3 Å². The Morgan fingerprint density at radius 1 is 1.00 bits per heavy atom. The summed E-state index contributed by atoms with van der Waals surface area (Å²) in [7, 11) is -0.0593. The third kappa shape index (κ3) is 4.60. The van der Waals surface area contributed by atoms with Crippen molar-refractivity contribution >= 4 is 27.9 Å². The molecule has 132 valence electrons. The molecule has 25 heavy (non-hydrogen) atoms. The third-order valence-corrected chi connectivity index (χ3v) is 6.39. The van der Waals surface area contributed by atoms with Gasteiger partial charge in [0.25, 0.3) is 0 Å². The molecule has 1 fully saturated rings. The van der Waals surface area contributed by atoms with Gasteiger partial charge < -0.3 is 11.1 Å². The standard InChI is InChI=1S/C21H27N3S/c1-17(19-8-6-18(16-22)7-9-19)23-20-10-12-21(13-11-20)25(2)24-14-4-3-5-15-24/h6-13,23H,1-5,14-16,22H2. The summed E-state index contributed by atoms with van der Waals surface area (Å²) in [4.78, 5) is 1.30. The number of rotatable bonds is 6. The highest BCUT2D eigenvalue weighted by atomic mass is 32.2. The summed E-state index contributed by atoms with van der Waals surface area (Å²) in [5.41, 5.74) is 9.79. The summed E-state index contributed by atoms with van der Waals surface area (Å²) < 4.78 is 2.50. The fourth-order valence-electron chi connectivity index (χ4n) is 3.02. The van der Waals surface area contributed by atoms with Gasteiger partial charge in [-0.1, -0.05) is 53.8 Å². The molecule has 1 aliphatic rings. The molecule has 1 unspecified atom stereocenters. The molecule has 0 spiro atoms. The van der Waals surface area contributed by atoms with Crippen molar-refractivity contribution in [3.05, 3.63) is 66.2 Å². The zero-order valence-electron chi connectivity index (χ0n) is 14.7. The largest absolute Gasteiger partial charge is 0.356 e. The smallest absolute Gasteiger partial charge is 0.0385 e. The van der Waals surface area contributed by atoms with Crippen molar-refractivity contribution in [1.29, 1.82) is 0 Å². The molecule has 3 N–H and O–H groups in total. The zero-order valence-corrected chi connectivity index (χ0v) is 15.5. The minimum atomic E-state index is -0.0593. The Hall–Kier alpha value is -1.88. The first-order chi connectivity index (χ1) is 12.2. The number of anilines is 1. The van der Waals surface area contributed by atoms with Crippen molar-refractivity contribution in [3.8, 4) is 0 Å². The maximum Gasteiger partial charge on any atom is 0.0385 e. The van der Waals surface area contributed by atoms with E-state index in [1.165, 1.54) is 37.2 Å². The van der Waals surface area contributed by atoms with Crippen LogP contribution >= 0.6 is 10.7 Å². The maximum absolute atomic E-state index is 5.65. The van der Waals surface area contributed by atoms with E-state index in [0.29, 0.717) is 6.54 Å². The number of benzene rings is 2. The van der Waals surface area contributed by atoms with E-state index in [2.05, 4.69) is 58.5 Å². The third-order valence-electron chi connectivity index (χ3n) is 4.59. The van der Waals surface area contributed by atoms with Gasteiger partial charge in [-0.3, -0.25) is 4.31 Å². The Labute approximate surface area is 153 Å². The van der Waals surface area contributed by atoms with E-state index < -0.39 is 0 Å². The van der Waals surface area contributed by atoms with Crippen LogP contribution in [0.25, 0.3) is 5.70 Å². The summed E-state index contributed by atoms with van der Waals surface area (Å²) in [6.45, 7) is 7.04. The van der Waals surface area contributed by atoms with Crippen LogP contribution in [-0.2, 0) is 6.54 Å². The van der Waals surface area contributed by atoms with Crippen LogP contribution in [0, 0.1) is 0 Å². The second-order valence-electron chi connectivity index (χ2n) is 6.38. The monoisotopic (exact) mass is 353 g/mol. The van der Waals surface area contributed by atoms with E-state index in [4.69, 9.17) is 5.73 Å². The van der Waals surface area contributed by atoms with Gasteiger partial charge >= 0.3 is 0 Å². The molecule has 3 nitrogen and oxygen atoms in total. The predicted octanol–water partition coefficient (Wildman–Crippen LogP) is 4.69. The zero-order chi connectivity index (χ0) is 17.6. The van der Waals surface area contributed by atoms with E-state index in [1.54, 1.807) is 0 Å². The van der Waals surface area contributed by atoms with Crippen molar-refractivity contribution in [2.24, 2.45) is 5.73 Å². The van der Waals surface area contributed by atoms with Gasteiger partial charge in [0.05, 0.1) is 0 Å². The summed E-state index contributed by atoms with van der Waals surface area (Å²) in [6.07, 6.45) is 3.94. The van der Waals surface area contributed by atoms with Crippen molar-refractivity contribution in [2.75, 3.05) is 18.4 Å². The molecule has 3 rings (SSSR count). The highest BCUT2D eigenvalue weighted by Gasteiger charge is 2.13.